The number of hydrogen-bond acceptors (Lipinski definition) is 24. The van der Waals surface area contributed by atoms with Gasteiger partial charge in [0.1, 0.15) is 90.5 Å². The number of H-pyrrole nitrogens is 1. The Kier molecular flexibility index (Phi) is 39.3. The van der Waals surface area contributed by atoms with Crippen molar-refractivity contribution in [3.8, 4) is 11.5 Å². The number of amides is 13. The summed E-state index contributed by atoms with van der Waals surface area (Å²) in [5.41, 5.74) is 20.7. The first-order valence-electron chi connectivity index (χ1n) is 44.3. The van der Waals surface area contributed by atoms with Crippen LogP contribution < -0.4 is 59.7 Å². The molecular formula is C94H118F3N17O21S. The van der Waals surface area contributed by atoms with Gasteiger partial charge in [0.25, 0.3) is 0 Å². The fourth-order valence-electron chi connectivity index (χ4n) is 16.1. The number of carboxylic acid groups (broad SMARTS) is 1. The predicted octanol–water partition coefficient (Wildman–Crippen LogP) is -0.517. The van der Waals surface area contributed by atoms with Gasteiger partial charge < -0.3 is 125 Å². The second-order valence-corrected chi connectivity index (χ2v) is 35.2. The molecule has 2 aliphatic rings. The van der Waals surface area contributed by atoms with Crippen LogP contribution in [0, 0.1) is 23.4 Å². The number of aromatic hydroxyl groups is 2. The zero-order valence-electron chi connectivity index (χ0n) is 75.9. The van der Waals surface area contributed by atoms with Crippen LogP contribution in [0.2, 0.25) is 0 Å². The van der Waals surface area contributed by atoms with Crippen molar-refractivity contribution in [3.05, 3.63) is 203 Å². The van der Waals surface area contributed by atoms with Crippen molar-refractivity contribution < 1.29 is 116 Å². The Bertz CT molecular complexity index is 5340. The number of para-hydroxylation sites is 1. The van der Waals surface area contributed by atoms with Crippen LogP contribution in [0.5, 0.6) is 11.5 Å². The van der Waals surface area contributed by atoms with Crippen LogP contribution in [0.15, 0.2) is 152 Å². The molecule has 0 bridgehead atoms. The molecule has 38 nitrogen and oxygen atoms in total. The van der Waals surface area contributed by atoms with Gasteiger partial charge in [-0.15, -0.1) is 11.8 Å². The van der Waals surface area contributed by atoms with Gasteiger partial charge in [-0.2, -0.15) is 0 Å². The van der Waals surface area contributed by atoms with Crippen LogP contribution in [-0.4, -0.2) is 305 Å². The Hall–Kier alpha value is -13.4. The number of aliphatic carboxylic acids is 1. The lowest BCUT2D eigenvalue weighted by Crippen LogP contribution is -2.61. The van der Waals surface area contributed by atoms with Crippen molar-refractivity contribution in [2.75, 3.05) is 58.8 Å². The van der Waals surface area contributed by atoms with Crippen molar-refractivity contribution in [1.29, 1.82) is 0 Å². The fraction of sp³-hybridized carbons (Fsp3) is 0.436. The molecule has 16 atom stereocenters. The Morgan fingerprint density at radius 3 is 1.56 bits per heavy atom. The van der Waals surface area contributed by atoms with Crippen molar-refractivity contribution in [3.63, 3.8) is 0 Å². The number of phenolic OH excluding ortho intramolecular Hbond substituents is 2. The monoisotopic (exact) mass is 1910 g/mol. The molecule has 0 spiro atoms. The Balaban J connectivity index is 0.953. The van der Waals surface area contributed by atoms with Gasteiger partial charge in [-0.1, -0.05) is 137 Å². The van der Waals surface area contributed by atoms with Crippen molar-refractivity contribution in [2.45, 2.75) is 195 Å². The van der Waals surface area contributed by atoms with Crippen molar-refractivity contribution in [1.82, 2.24) is 72.0 Å². The number of halogens is 3. The quantitative estimate of drug-likeness (QED) is 0.0130. The van der Waals surface area contributed by atoms with Gasteiger partial charge in [0.05, 0.1) is 43.0 Å². The summed E-state index contributed by atoms with van der Waals surface area (Å²) in [6, 6.07) is 15.9. The van der Waals surface area contributed by atoms with Crippen molar-refractivity contribution >= 4 is 112 Å². The van der Waals surface area contributed by atoms with E-state index >= 15 is 37.5 Å². The second-order valence-electron chi connectivity index (χ2n) is 34.2. The summed E-state index contributed by atoms with van der Waals surface area (Å²) in [5, 5.41) is 83.4. The Morgan fingerprint density at radius 2 is 1.01 bits per heavy atom. The Labute approximate surface area is 786 Å². The summed E-state index contributed by atoms with van der Waals surface area (Å²) in [7, 11) is 3.83. The molecule has 21 N–H and O–H groups in total. The number of aliphatic hydroxyl groups excluding tert-OH is 3. The van der Waals surface area contributed by atoms with Gasteiger partial charge in [0.15, 0.2) is 17.5 Å². The molecule has 0 aliphatic carbocycles. The predicted molar refractivity (Wildman–Crippen MR) is 492 cm³/mol. The number of fused-ring (bicyclic) bond motifs is 1. The van der Waals surface area contributed by atoms with E-state index in [-0.39, 0.29) is 67.8 Å². The van der Waals surface area contributed by atoms with E-state index in [1.165, 1.54) is 74.6 Å². The maximum absolute atomic E-state index is 15.4. The minimum absolute atomic E-state index is 0.0350. The molecular weight excluding hydrogens is 1790 g/mol. The van der Waals surface area contributed by atoms with E-state index in [1.54, 1.807) is 112 Å². The second kappa shape index (κ2) is 50.3. The number of likely N-dealkylation sites (tertiary alicyclic amines) is 2. The van der Waals surface area contributed by atoms with Gasteiger partial charge in [-0.3, -0.25) is 67.1 Å². The Morgan fingerprint density at radius 1 is 0.537 bits per heavy atom. The number of carboxylic acids is 1. The largest absolute Gasteiger partial charge is 0.508 e. The van der Waals surface area contributed by atoms with Crippen LogP contribution in [0.1, 0.15) is 92.7 Å². The maximum atomic E-state index is 15.4. The van der Waals surface area contributed by atoms with Gasteiger partial charge >= 0.3 is 5.97 Å². The smallest absolute Gasteiger partial charge is 0.305 e. The number of phenols is 2. The topological polar surface area (TPSA) is 584 Å². The van der Waals surface area contributed by atoms with E-state index in [0.29, 0.717) is 75.5 Å². The molecule has 3 heterocycles. The first-order valence-corrected chi connectivity index (χ1v) is 45.5. The SMILES string of the molecule is CCCC[C@@H](C(=O)N1C[C@H](O)C[C@@H]1C(=O)N[C@H](C=O)CC(=O)O)N(C)C(=O)[C@H](Cc1ccccc1)N(C)C(=O)[C@H](Cc1cc(F)c(F)c(F)c1)NC(=O)CSC[C@H](NC(=O)[C@H](CN)NC(=O)[C@H](Cc1ccc(O)cc1)NC(=O)[C@H](Cc1c[nH]c2ccccc12)NC(=O)[C@H]1C[C@@H](O)CN1C(=O)[C@H](Cc1ccc(O)cc1)NC(=O)[C@H](Cc1ccccc1)N(C)C(=O)[C@@H](N)C(C)C)C(=O)NCC(N)O. The highest BCUT2D eigenvalue weighted by atomic mass is 32.2. The minimum Gasteiger partial charge on any atom is -0.508 e. The number of β-amino-alcohol motifs (C(OH)–C–C–N with tert-alkyl or cyclic N) is 2. The molecule has 13 amide bonds. The summed E-state index contributed by atoms with van der Waals surface area (Å²) in [6.07, 6.45) is -5.48. The summed E-state index contributed by atoms with van der Waals surface area (Å²) in [4.78, 5) is 224. The first kappa shape index (κ1) is 106. The number of nitrogens with one attached hydrogen (secondary N) is 9. The van der Waals surface area contributed by atoms with Gasteiger partial charge in [0, 0.05) is 115 Å². The lowest BCUT2D eigenvalue weighted by atomic mass is 9.99. The van der Waals surface area contributed by atoms with Crippen LogP contribution in [-0.2, 0) is 110 Å². The molecule has 1 unspecified atom stereocenters. The van der Waals surface area contributed by atoms with E-state index in [4.69, 9.17) is 17.2 Å². The average molecular weight is 1910 g/mol. The summed E-state index contributed by atoms with van der Waals surface area (Å²) in [5.74, 6) is -21.0. The molecule has 42 heteroatoms. The zero-order valence-corrected chi connectivity index (χ0v) is 76.7. The molecule has 136 heavy (non-hydrogen) atoms. The number of aldehydes is 1. The van der Waals surface area contributed by atoms with E-state index in [0.717, 1.165) is 19.6 Å². The molecule has 1 aromatic heterocycles. The third kappa shape index (κ3) is 29.6. The number of likely N-dealkylation sites (N-methyl/N-ethyl adjacent to an activating group) is 3. The maximum Gasteiger partial charge on any atom is 0.305 e. The number of rotatable bonds is 48. The normalized spacial score (nSPS) is 17.3. The molecule has 9 rings (SSSR count). The first-order chi connectivity index (χ1) is 64.7. The zero-order chi connectivity index (χ0) is 99.5. The number of nitrogens with zero attached hydrogens (tertiary/aromatic N) is 5. The highest BCUT2D eigenvalue weighted by molar-refractivity contribution is 8.00. The number of nitrogens with two attached hydrogens (primary N) is 3. The summed E-state index contributed by atoms with van der Waals surface area (Å²) in [6.45, 7) is 3.02. The van der Waals surface area contributed by atoms with Gasteiger partial charge in [-0.25, -0.2) is 13.2 Å². The van der Waals surface area contributed by atoms with Gasteiger partial charge in [0.2, 0.25) is 76.8 Å². The number of unbranched alkanes of at least 4 members (excludes halogenated alkanes) is 1. The number of aliphatic hydroxyl groups is 3. The highest BCUT2D eigenvalue weighted by Gasteiger charge is 2.48. The number of carbonyl (C=O) groups excluding carboxylic acids is 14. The molecule has 0 radical (unpaired) electrons. The lowest BCUT2D eigenvalue weighted by molar-refractivity contribution is -0.152. The van der Waals surface area contributed by atoms with Crippen LogP contribution in [0.25, 0.3) is 10.9 Å². The standard InChI is InChI=1S/C94H118F3N17O21S/c1-7-8-23-73(93(134)114-47-62(119)41-75(114)88(129)103-58(48-115)40-80(122)123)110(4)92(133)77(38-53-19-13-10-14-20-53)112(6)90(131)69(36-56-32-64(95)81(97)65(96)33-56)104-79(121)50-136-49-72(83(124)102-45-78(99)120)109-86(127)71(43-98)108-84(125)67(34-54-24-28-59(116)29-25-54)105-85(126)68(39-57-44-101-66-22-16-15-21-63(57)66)106-89(130)76-42-61(118)46-113(76)91(132)70(35-55-26-30-60(117)31-27-55)107-87(128)74(37-52-17-11-9-12-18-52)111(5)94(135)82(100)51(2)3/h9-22,24-33,44,48,51,58,61-62,67-78,82,101,116-120H,7-8,23,34-43,45-47,49-50,98-100H2,1-6H3,(H,102,124)(H,103,129)(H,104,121)(H,105,126)(H,106,130)(H,107,128)(H,108,125)(H,109,127)(H,122,123)/t58-,61+,62+,67-,68-,69-,70-,71-,72-,73-,74-,75+,76+,77-,78?,82-/m0/s1. The molecule has 0 saturated carbocycles. The number of aromatic amines is 1. The van der Waals surface area contributed by atoms with E-state index < -0.39 is 261 Å². The summed E-state index contributed by atoms with van der Waals surface area (Å²) < 4.78 is 44.8. The number of benzene rings is 6. The molecule has 6 aromatic carbocycles. The van der Waals surface area contributed by atoms with Crippen LogP contribution in [0.3, 0.4) is 0 Å². The molecule has 2 saturated heterocycles. The number of hydrogen-bond donors (Lipinski definition) is 18. The molecule has 732 valence electrons. The third-order valence-corrected chi connectivity index (χ3v) is 24.7. The number of thioether (sulfide) groups is 1. The average Bonchev–Trinajstić information content (AvgIpc) is 1.46. The van der Waals surface area contributed by atoms with Crippen LogP contribution in [0.4, 0.5) is 13.2 Å². The third-order valence-electron chi connectivity index (χ3n) is 23.7. The highest BCUT2D eigenvalue weighted by Crippen LogP contribution is 2.29. The number of carbonyl (C=O) groups is 15. The molecule has 2 fully saturated rings. The molecule has 7 aromatic rings. The van der Waals surface area contributed by atoms with Crippen LogP contribution >= 0.6 is 11.8 Å². The summed E-state index contributed by atoms with van der Waals surface area (Å²) >= 11 is 0.633. The van der Waals surface area contributed by atoms with Gasteiger partial charge in [-0.05, 0) is 88.2 Å². The fourth-order valence-corrected chi connectivity index (χ4v) is 16.9. The molecule has 2 aliphatic heterocycles. The van der Waals surface area contributed by atoms with E-state index in [1.807, 2.05) is 0 Å². The number of aromatic nitrogens is 1. The van der Waals surface area contributed by atoms with E-state index in [9.17, 15) is 78.2 Å². The van der Waals surface area contributed by atoms with Crippen molar-refractivity contribution in [2.24, 2.45) is 23.1 Å². The minimum atomic E-state index is -1.89. The van der Waals surface area contributed by atoms with E-state index in [2.05, 4.69) is 47.5 Å². The lowest BCUT2D eigenvalue weighted by Gasteiger charge is -2.37.